The van der Waals surface area contributed by atoms with E-state index >= 15 is 0 Å². The van der Waals surface area contributed by atoms with Gasteiger partial charge in [0.2, 0.25) is 5.91 Å². The molecule has 2 rings (SSSR count). The SMILES string of the molecule is Cc1cccc(NC(=O)CNC(C)c2cccc(Br)c2)c1. The molecule has 1 atom stereocenters. The summed E-state index contributed by atoms with van der Waals surface area (Å²) >= 11 is 3.45. The van der Waals surface area contributed by atoms with E-state index in [1.807, 2.05) is 56.3 Å². The molecular weight excluding hydrogens is 328 g/mol. The summed E-state index contributed by atoms with van der Waals surface area (Å²) in [6.07, 6.45) is 0. The highest BCUT2D eigenvalue weighted by Gasteiger charge is 2.08. The summed E-state index contributed by atoms with van der Waals surface area (Å²) in [5.74, 6) is -0.0394. The molecule has 3 nitrogen and oxygen atoms in total. The fourth-order valence-electron chi connectivity index (χ4n) is 2.07. The van der Waals surface area contributed by atoms with Gasteiger partial charge in [0.15, 0.2) is 0 Å². The zero-order valence-corrected chi connectivity index (χ0v) is 13.8. The summed E-state index contributed by atoms with van der Waals surface area (Å²) in [6, 6.07) is 16.0. The van der Waals surface area contributed by atoms with Crippen LogP contribution in [0.25, 0.3) is 0 Å². The number of carbonyl (C=O) groups excluding carboxylic acids is 1. The molecule has 0 spiro atoms. The minimum Gasteiger partial charge on any atom is -0.325 e. The minimum atomic E-state index is -0.0394. The summed E-state index contributed by atoms with van der Waals surface area (Å²) in [4.78, 5) is 11.9. The van der Waals surface area contributed by atoms with E-state index in [2.05, 4.69) is 32.6 Å². The second kappa shape index (κ2) is 7.38. The van der Waals surface area contributed by atoms with Crippen molar-refractivity contribution in [2.75, 3.05) is 11.9 Å². The predicted molar refractivity (Wildman–Crippen MR) is 90.4 cm³/mol. The number of hydrogen-bond donors (Lipinski definition) is 2. The summed E-state index contributed by atoms with van der Waals surface area (Å²) in [7, 11) is 0. The van der Waals surface area contributed by atoms with Gasteiger partial charge in [-0.25, -0.2) is 0 Å². The quantitative estimate of drug-likeness (QED) is 0.857. The Labute approximate surface area is 133 Å². The van der Waals surface area contributed by atoms with Gasteiger partial charge in [0.25, 0.3) is 0 Å². The Balaban J connectivity index is 1.86. The van der Waals surface area contributed by atoms with Crippen LogP contribution >= 0.6 is 15.9 Å². The maximum absolute atomic E-state index is 11.9. The zero-order chi connectivity index (χ0) is 15.2. The normalized spacial score (nSPS) is 12.0. The van der Waals surface area contributed by atoms with Crippen molar-refractivity contribution in [2.24, 2.45) is 0 Å². The molecule has 0 radical (unpaired) electrons. The number of carbonyl (C=O) groups is 1. The molecule has 0 aromatic heterocycles. The van der Waals surface area contributed by atoms with Gasteiger partial charge in [0.05, 0.1) is 6.54 Å². The molecule has 110 valence electrons. The highest BCUT2D eigenvalue weighted by molar-refractivity contribution is 9.10. The number of amides is 1. The number of benzene rings is 2. The summed E-state index contributed by atoms with van der Waals surface area (Å²) < 4.78 is 1.04. The van der Waals surface area contributed by atoms with Gasteiger partial charge in [0.1, 0.15) is 0 Å². The molecule has 21 heavy (non-hydrogen) atoms. The Kier molecular flexibility index (Phi) is 5.53. The Morgan fingerprint density at radius 2 is 1.95 bits per heavy atom. The topological polar surface area (TPSA) is 41.1 Å². The molecule has 2 aromatic rings. The van der Waals surface area contributed by atoms with Gasteiger partial charge in [-0.2, -0.15) is 0 Å². The van der Waals surface area contributed by atoms with Crippen LogP contribution in [0.4, 0.5) is 5.69 Å². The monoisotopic (exact) mass is 346 g/mol. The van der Waals surface area contributed by atoms with E-state index in [1.165, 1.54) is 0 Å². The smallest absolute Gasteiger partial charge is 0.238 e. The molecule has 0 aliphatic heterocycles. The van der Waals surface area contributed by atoms with E-state index in [1.54, 1.807) is 0 Å². The van der Waals surface area contributed by atoms with Crippen molar-refractivity contribution in [1.82, 2.24) is 5.32 Å². The third-order valence-corrected chi connectivity index (χ3v) is 3.71. The Bertz CT molecular complexity index is 628. The Morgan fingerprint density at radius 3 is 2.67 bits per heavy atom. The molecule has 1 amide bonds. The van der Waals surface area contributed by atoms with Crippen molar-refractivity contribution in [3.05, 3.63) is 64.1 Å². The standard InChI is InChI=1S/C17H19BrN2O/c1-12-5-3-8-16(9-12)20-17(21)11-19-13(2)14-6-4-7-15(18)10-14/h3-10,13,19H,11H2,1-2H3,(H,20,21). The highest BCUT2D eigenvalue weighted by atomic mass is 79.9. The largest absolute Gasteiger partial charge is 0.325 e. The summed E-state index contributed by atoms with van der Waals surface area (Å²) in [6.45, 7) is 4.33. The first-order valence-corrected chi connectivity index (χ1v) is 7.69. The van der Waals surface area contributed by atoms with Crippen LogP contribution in [-0.2, 0) is 4.79 Å². The third-order valence-electron chi connectivity index (χ3n) is 3.22. The van der Waals surface area contributed by atoms with Gasteiger partial charge in [-0.15, -0.1) is 0 Å². The van der Waals surface area contributed by atoms with E-state index in [4.69, 9.17) is 0 Å². The lowest BCUT2D eigenvalue weighted by Crippen LogP contribution is -2.30. The van der Waals surface area contributed by atoms with Crippen molar-refractivity contribution in [3.8, 4) is 0 Å². The van der Waals surface area contributed by atoms with Crippen LogP contribution in [0, 0.1) is 6.92 Å². The third kappa shape index (κ3) is 4.99. The fourth-order valence-corrected chi connectivity index (χ4v) is 2.48. The van der Waals surface area contributed by atoms with Crippen LogP contribution in [0.3, 0.4) is 0 Å². The fraction of sp³-hybridized carbons (Fsp3) is 0.235. The molecule has 0 heterocycles. The van der Waals surface area contributed by atoms with Gasteiger partial charge in [-0.1, -0.05) is 40.2 Å². The van der Waals surface area contributed by atoms with Crippen molar-refractivity contribution < 1.29 is 4.79 Å². The molecule has 0 bridgehead atoms. The number of rotatable bonds is 5. The number of halogens is 1. The van der Waals surface area contributed by atoms with Crippen LogP contribution in [0.2, 0.25) is 0 Å². The summed E-state index contributed by atoms with van der Waals surface area (Å²) in [5, 5.41) is 6.12. The zero-order valence-electron chi connectivity index (χ0n) is 12.2. The average molecular weight is 347 g/mol. The molecule has 4 heteroatoms. The molecule has 0 saturated heterocycles. The Morgan fingerprint density at radius 1 is 1.19 bits per heavy atom. The predicted octanol–water partition coefficient (Wildman–Crippen LogP) is 4.05. The second-order valence-electron chi connectivity index (χ2n) is 5.08. The lowest BCUT2D eigenvalue weighted by atomic mass is 10.1. The first-order chi connectivity index (χ1) is 10.0. The lowest BCUT2D eigenvalue weighted by Gasteiger charge is -2.14. The first-order valence-electron chi connectivity index (χ1n) is 6.90. The number of nitrogens with one attached hydrogen (secondary N) is 2. The minimum absolute atomic E-state index is 0.0394. The van der Waals surface area contributed by atoms with Crippen molar-refractivity contribution in [1.29, 1.82) is 0 Å². The second-order valence-corrected chi connectivity index (χ2v) is 5.99. The van der Waals surface area contributed by atoms with E-state index in [0.717, 1.165) is 21.3 Å². The van der Waals surface area contributed by atoms with Crippen LogP contribution in [0.15, 0.2) is 53.0 Å². The molecule has 0 aliphatic carbocycles. The molecule has 0 aliphatic rings. The van der Waals surface area contributed by atoms with Crippen molar-refractivity contribution >= 4 is 27.5 Å². The molecule has 1 unspecified atom stereocenters. The van der Waals surface area contributed by atoms with Gasteiger partial charge in [-0.3, -0.25) is 4.79 Å². The van der Waals surface area contributed by atoms with E-state index in [9.17, 15) is 4.79 Å². The van der Waals surface area contributed by atoms with Crippen LogP contribution < -0.4 is 10.6 Å². The van der Waals surface area contributed by atoms with E-state index in [0.29, 0.717) is 0 Å². The van der Waals surface area contributed by atoms with Gasteiger partial charge < -0.3 is 10.6 Å². The summed E-state index contributed by atoms with van der Waals surface area (Å²) in [5.41, 5.74) is 3.10. The molecular formula is C17H19BrN2O. The molecule has 0 fully saturated rings. The number of hydrogen-bond acceptors (Lipinski definition) is 2. The average Bonchev–Trinajstić information content (AvgIpc) is 2.45. The Hall–Kier alpha value is -1.65. The van der Waals surface area contributed by atoms with E-state index < -0.39 is 0 Å². The van der Waals surface area contributed by atoms with Crippen LogP contribution in [0.5, 0.6) is 0 Å². The lowest BCUT2D eigenvalue weighted by molar-refractivity contribution is -0.115. The van der Waals surface area contributed by atoms with Gasteiger partial charge in [0, 0.05) is 16.2 Å². The van der Waals surface area contributed by atoms with Crippen LogP contribution in [0.1, 0.15) is 24.1 Å². The molecule has 0 saturated carbocycles. The first kappa shape index (κ1) is 15.7. The molecule has 2 N–H and O–H groups in total. The van der Waals surface area contributed by atoms with Gasteiger partial charge >= 0.3 is 0 Å². The van der Waals surface area contributed by atoms with Crippen LogP contribution in [-0.4, -0.2) is 12.5 Å². The number of anilines is 1. The number of aryl methyl sites for hydroxylation is 1. The van der Waals surface area contributed by atoms with Crippen molar-refractivity contribution in [3.63, 3.8) is 0 Å². The van der Waals surface area contributed by atoms with Gasteiger partial charge in [-0.05, 0) is 49.2 Å². The van der Waals surface area contributed by atoms with Crippen molar-refractivity contribution in [2.45, 2.75) is 19.9 Å². The van der Waals surface area contributed by atoms with E-state index in [-0.39, 0.29) is 18.5 Å². The maximum Gasteiger partial charge on any atom is 0.238 e. The molecule has 2 aromatic carbocycles. The maximum atomic E-state index is 11.9. The highest BCUT2D eigenvalue weighted by Crippen LogP contribution is 2.17.